The van der Waals surface area contributed by atoms with Crippen LogP contribution in [0, 0.1) is 21.6 Å². The summed E-state index contributed by atoms with van der Waals surface area (Å²) in [4.78, 5) is 57.8. The molecule has 0 rings (SSSR count). The van der Waals surface area contributed by atoms with Crippen molar-refractivity contribution < 1.29 is 39.6 Å². The Hall–Kier alpha value is -6.87. The van der Waals surface area contributed by atoms with Gasteiger partial charge in [0.15, 0.2) is 23.8 Å². The van der Waals surface area contributed by atoms with Crippen LogP contribution >= 0.6 is 12.4 Å². The van der Waals surface area contributed by atoms with Gasteiger partial charge in [-0.05, 0) is 0 Å². The summed E-state index contributed by atoms with van der Waals surface area (Å²) in [6.45, 7) is 0. The number of nitrogens with zero attached hydrogens (tertiary/aromatic N) is 8. The van der Waals surface area contributed by atoms with Gasteiger partial charge in [-0.2, -0.15) is 20.0 Å². The second kappa shape index (κ2) is 34.5. The molecule has 0 bridgehead atoms. The standard InChI is InChI=1S/4C4H11N5.2C3H4O4.ClH/c4*1-9(2)4(7)8-3(5)6;2*4-2(5)1-3(6)7;/h4*1-2H3,(H5,5,6,7,8);2*1H2,(H,4,5)(H,6,7);1H. The molecule has 0 amide bonds. The number of aliphatic imine (C=N–C) groups is 4. The van der Waals surface area contributed by atoms with Gasteiger partial charge in [0.05, 0.1) is 0 Å². The fourth-order valence-corrected chi connectivity index (χ4v) is 1.15. The predicted octanol–water partition coefficient (Wildman–Crippen LogP) is -5.46. The van der Waals surface area contributed by atoms with Crippen molar-refractivity contribution in [2.45, 2.75) is 12.8 Å². The number of nitrogens with one attached hydrogen (secondary N) is 4. The van der Waals surface area contributed by atoms with Crippen LogP contribution in [0.25, 0.3) is 0 Å². The second-order valence-corrected chi connectivity index (χ2v) is 8.93. The van der Waals surface area contributed by atoms with Crippen molar-refractivity contribution in [1.29, 1.82) is 21.6 Å². The summed E-state index contributed by atoms with van der Waals surface area (Å²) in [6, 6.07) is 0. The zero-order valence-electron chi connectivity index (χ0n) is 29.4. The molecule has 0 aromatic rings. The Labute approximate surface area is 299 Å². The maximum Gasteiger partial charge on any atom is 0.314 e. The summed E-state index contributed by atoms with van der Waals surface area (Å²) < 4.78 is 0. The summed E-state index contributed by atoms with van der Waals surface area (Å²) in [7, 11) is 13.8. The molecule has 0 atom stereocenters. The Morgan fingerprint density at radius 2 is 0.529 bits per heavy atom. The largest absolute Gasteiger partial charge is 0.481 e. The average molecular weight is 761 g/mol. The zero-order chi connectivity index (χ0) is 41.5. The third-order valence-corrected chi connectivity index (χ3v) is 3.38. The highest BCUT2D eigenvalue weighted by Crippen LogP contribution is 1.77. The molecule has 296 valence electrons. The number of guanidine groups is 8. The van der Waals surface area contributed by atoms with E-state index < -0.39 is 36.7 Å². The minimum absolute atomic E-state index is 0. The number of hydrogen-bond acceptors (Lipinski definition) is 8. The number of aliphatic carboxylic acids is 4. The van der Waals surface area contributed by atoms with E-state index >= 15 is 0 Å². The quantitative estimate of drug-likeness (QED) is 0.0722. The van der Waals surface area contributed by atoms with E-state index in [-0.39, 0.29) is 60.1 Å². The molecule has 0 aliphatic rings. The van der Waals surface area contributed by atoms with Gasteiger partial charge in [-0.3, -0.25) is 40.8 Å². The molecule has 0 spiro atoms. The fraction of sp³-hybridized carbons (Fsp3) is 0.455. The van der Waals surface area contributed by atoms with Gasteiger partial charge in [0.2, 0.25) is 23.8 Å². The summed E-state index contributed by atoms with van der Waals surface area (Å²) in [5, 5.41) is 57.6. The lowest BCUT2D eigenvalue weighted by molar-refractivity contribution is -0.149. The van der Waals surface area contributed by atoms with E-state index in [2.05, 4.69) is 20.0 Å². The molecule has 0 saturated carbocycles. The molecule has 51 heavy (non-hydrogen) atoms. The predicted molar refractivity (Wildman–Crippen MR) is 196 cm³/mol. The molecule has 0 heterocycles. The number of carbonyl (C=O) groups is 4. The number of hydrogen-bond donors (Lipinski definition) is 16. The van der Waals surface area contributed by atoms with Gasteiger partial charge >= 0.3 is 23.9 Å². The van der Waals surface area contributed by atoms with Crippen LogP contribution in [-0.2, 0) is 19.2 Å². The Balaban J connectivity index is -0.0000000910. The molecule has 28 nitrogen and oxygen atoms in total. The van der Waals surface area contributed by atoms with Crippen molar-refractivity contribution in [3.8, 4) is 0 Å². The monoisotopic (exact) mass is 760 g/mol. The van der Waals surface area contributed by atoms with Crippen LogP contribution in [0.1, 0.15) is 12.8 Å². The minimum atomic E-state index is -1.31. The van der Waals surface area contributed by atoms with Crippen LogP contribution in [0.4, 0.5) is 0 Å². The third-order valence-electron chi connectivity index (χ3n) is 3.38. The van der Waals surface area contributed by atoms with Gasteiger partial charge in [-0.1, -0.05) is 0 Å². The lowest BCUT2D eigenvalue weighted by Gasteiger charge is -2.08. The van der Waals surface area contributed by atoms with Gasteiger partial charge in [-0.15, -0.1) is 12.4 Å². The first-order valence-corrected chi connectivity index (χ1v) is 12.7. The maximum atomic E-state index is 9.43. The van der Waals surface area contributed by atoms with E-state index in [1.165, 1.54) is 0 Å². The molecule has 29 heteroatoms. The third kappa shape index (κ3) is 66.5. The van der Waals surface area contributed by atoms with Gasteiger partial charge in [0, 0.05) is 56.4 Å². The molecule has 0 unspecified atom stereocenters. The first-order valence-electron chi connectivity index (χ1n) is 12.7. The van der Waals surface area contributed by atoms with Crippen LogP contribution in [0.15, 0.2) is 20.0 Å². The highest BCUT2D eigenvalue weighted by molar-refractivity contribution is 5.93. The highest BCUT2D eigenvalue weighted by Gasteiger charge is 2.02. The normalized spacial score (nSPS) is 10.0. The second-order valence-electron chi connectivity index (χ2n) is 8.93. The van der Waals surface area contributed by atoms with Crippen molar-refractivity contribution in [2.75, 3.05) is 56.4 Å². The zero-order valence-corrected chi connectivity index (χ0v) is 30.3. The van der Waals surface area contributed by atoms with Gasteiger partial charge < -0.3 is 85.9 Å². The van der Waals surface area contributed by atoms with Crippen molar-refractivity contribution in [3.05, 3.63) is 0 Å². The first-order chi connectivity index (χ1) is 22.4. The van der Waals surface area contributed by atoms with Crippen LogP contribution < -0.4 is 45.9 Å². The molecule has 0 saturated heterocycles. The number of rotatable bonds is 4. The fourth-order valence-electron chi connectivity index (χ4n) is 1.15. The Kier molecular flexibility index (Phi) is 40.2. The first kappa shape index (κ1) is 59.5. The average Bonchev–Trinajstić information content (AvgIpc) is 2.87. The van der Waals surface area contributed by atoms with Crippen LogP contribution in [0.2, 0.25) is 0 Å². The lowest BCUT2D eigenvalue weighted by atomic mass is 10.5. The van der Waals surface area contributed by atoms with Crippen LogP contribution in [0.5, 0.6) is 0 Å². The van der Waals surface area contributed by atoms with E-state index in [0.29, 0.717) is 0 Å². The summed E-state index contributed by atoms with van der Waals surface area (Å²) in [6.07, 6.45) is -1.61. The van der Waals surface area contributed by atoms with Crippen molar-refractivity contribution in [1.82, 2.24) is 19.6 Å². The summed E-state index contributed by atoms with van der Waals surface area (Å²) in [5.74, 6) is -5.40. The smallest absolute Gasteiger partial charge is 0.314 e. The Morgan fingerprint density at radius 3 is 0.549 bits per heavy atom. The molecule has 0 radical (unpaired) electrons. The number of halogens is 1. The van der Waals surface area contributed by atoms with E-state index in [0.717, 1.165) is 0 Å². The molecule has 24 N–H and O–H groups in total. The van der Waals surface area contributed by atoms with E-state index in [4.69, 9.17) is 87.9 Å². The Morgan fingerprint density at radius 1 is 0.412 bits per heavy atom. The van der Waals surface area contributed by atoms with Crippen LogP contribution in [-0.4, -0.2) is 168 Å². The van der Waals surface area contributed by atoms with Gasteiger partial charge in [0.25, 0.3) is 0 Å². The van der Waals surface area contributed by atoms with Crippen molar-refractivity contribution in [2.24, 2.45) is 65.8 Å². The van der Waals surface area contributed by atoms with Gasteiger partial charge in [-0.25, -0.2) is 0 Å². The molecular formula is C22H53ClN20O8. The molecule has 0 aliphatic heterocycles. The van der Waals surface area contributed by atoms with Crippen molar-refractivity contribution >= 4 is 84.0 Å². The van der Waals surface area contributed by atoms with E-state index in [1.807, 2.05) is 0 Å². The molecule has 0 fully saturated rings. The topological polar surface area (TPSA) is 515 Å². The van der Waals surface area contributed by atoms with Crippen molar-refractivity contribution in [3.63, 3.8) is 0 Å². The number of carboxylic acid groups (broad SMARTS) is 4. The van der Waals surface area contributed by atoms with E-state index in [9.17, 15) is 19.2 Å². The van der Waals surface area contributed by atoms with Gasteiger partial charge in [0.1, 0.15) is 12.8 Å². The molecule has 0 aromatic heterocycles. The molecular weight excluding hydrogens is 708 g/mol. The summed E-state index contributed by atoms with van der Waals surface area (Å²) >= 11 is 0. The SMILES string of the molecule is CN(C)C(N)=NC(=N)N.CN(C)C(N)=NC(=N)N.CN(C)C(N)=NC(=N)N.CN(C)C(N)=NC(=N)N.Cl.O=C(O)CC(=O)O.O=C(O)CC(=O)O. The molecule has 0 aliphatic carbocycles. The molecule has 0 aromatic carbocycles. The number of nitrogens with two attached hydrogens (primary N) is 8. The minimum Gasteiger partial charge on any atom is -0.481 e. The highest BCUT2D eigenvalue weighted by atomic mass is 35.5. The van der Waals surface area contributed by atoms with E-state index in [1.54, 1.807) is 76.0 Å². The lowest BCUT2D eigenvalue weighted by Crippen LogP contribution is -2.32. The van der Waals surface area contributed by atoms with Crippen LogP contribution in [0.3, 0.4) is 0 Å². The summed E-state index contributed by atoms with van der Waals surface area (Å²) in [5.41, 5.74) is 40.8. The maximum absolute atomic E-state index is 9.43. The number of carboxylic acids is 4. The Bertz CT molecular complexity index is 1060.